The number of amides is 4. The number of halogens is 2. The van der Waals surface area contributed by atoms with E-state index in [9.17, 15) is 37.7 Å². The van der Waals surface area contributed by atoms with E-state index in [-0.39, 0.29) is 52.6 Å². The predicted molar refractivity (Wildman–Crippen MR) is 341 cm³/mol. The third-order valence-electron chi connectivity index (χ3n) is 18.8. The van der Waals surface area contributed by atoms with Gasteiger partial charge in [0.05, 0.1) is 21.6 Å². The van der Waals surface area contributed by atoms with E-state index in [2.05, 4.69) is 99.8 Å². The number of H-pyrrole nitrogens is 1. The minimum atomic E-state index is -4.63. The molecule has 2 aliphatic carbocycles. The Morgan fingerprint density at radius 1 is 0.909 bits per heavy atom. The number of rotatable bonds is 17. The molecule has 4 N–H and O–H groups in total. The number of imide groups is 1. The maximum Gasteiger partial charge on any atom is 0.293 e. The summed E-state index contributed by atoms with van der Waals surface area (Å²) in [4.78, 5) is 82.6. The van der Waals surface area contributed by atoms with Crippen molar-refractivity contribution < 1.29 is 37.3 Å². The number of allylic oxidation sites excluding steroid dienone is 1. The van der Waals surface area contributed by atoms with E-state index < -0.39 is 43.4 Å². The first-order valence-corrected chi connectivity index (χ1v) is 33.1. The molecule has 20 nitrogen and oxygen atoms in total. The fourth-order valence-electron chi connectivity index (χ4n) is 13.8. The number of hydrogen-bond donors (Lipinski definition) is 4. The second-order valence-corrected chi connectivity index (χ2v) is 28.3. The SMILES string of the molecule is C[C@@H]1CN([C@H]2CC[C@@H](CNc3ccc(S(=O)(=O)NC(=O)c4ccc(N5CCN(CC6=C(c7ccc(Cl)cc7)CC(C)(C)CC6)CC5)cc4Oc4cnc5[nH]ccc5c4)cc3[N+](=O)[O-])CC2)CCN1Cc1cc(Br)c2c(c1)C(=O)N(C1CCC(=O)NC1=O)C2. The van der Waals surface area contributed by atoms with Crippen molar-refractivity contribution in [3.63, 3.8) is 0 Å². The van der Waals surface area contributed by atoms with E-state index in [1.807, 2.05) is 24.3 Å². The van der Waals surface area contributed by atoms with Crippen molar-refractivity contribution in [1.29, 1.82) is 0 Å². The molecule has 1 unspecified atom stereocenters. The van der Waals surface area contributed by atoms with E-state index in [0.717, 1.165) is 122 Å². The Labute approximate surface area is 525 Å². The lowest BCUT2D eigenvalue weighted by Gasteiger charge is -2.45. The summed E-state index contributed by atoms with van der Waals surface area (Å²) in [6.45, 7) is 14.9. The number of piperazine rings is 2. The molecule has 3 saturated heterocycles. The molecule has 0 bridgehead atoms. The second kappa shape index (κ2) is 25.3. The molecule has 2 aromatic heterocycles. The van der Waals surface area contributed by atoms with Crippen LogP contribution in [0.2, 0.25) is 5.02 Å². The number of carbonyl (C=O) groups excluding carboxylic acids is 4. The van der Waals surface area contributed by atoms with Gasteiger partial charge in [-0.3, -0.25) is 49.3 Å². The number of aromatic amines is 1. The Morgan fingerprint density at radius 2 is 1.69 bits per heavy atom. The largest absolute Gasteiger partial charge is 0.455 e. The van der Waals surface area contributed by atoms with Gasteiger partial charge in [0, 0.05) is 135 Å². The molecule has 23 heteroatoms. The number of nitrogens with one attached hydrogen (secondary N) is 4. The molecule has 88 heavy (non-hydrogen) atoms. The Morgan fingerprint density at radius 3 is 2.44 bits per heavy atom. The molecular formula is C65H73BrClN11O9S. The fourth-order valence-corrected chi connectivity index (χ4v) is 15.5. The van der Waals surface area contributed by atoms with Crippen LogP contribution in [0.1, 0.15) is 116 Å². The zero-order valence-corrected chi connectivity index (χ0v) is 52.8. The van der Waals surface area contributed by atoms with Gasteiger partial charge in [-0.05, 0) is 153 Å². The van der Waals surface area contributed by atoms with Gasteiger partial charge in [0.15, 0.2) is 0 Å². The van der Waals surface area contributed by atoms with Crippen LogP contribution in [0.15, 0.2) is 112 Å². The lowest BCUT2D eigenvalue weighted by molar-refractivity contribution is -0.384. The average Bonchev–Trinajstić information content (AvgIpc) is 2.41. The number of ether oxygens (including phenoxy) is 1. The van der Waals surface area contributed by atoms with Gasteiger partial charge in [-0.2, -0.15) is 0 Å². The maximum atomic E-state index is 14.2. The summed E-state index contributed by atoms with van der Waals surface area (Å²) in [5.74, 6) is -1.21. The number of aromatic nitrogens is 2. The van der Waals surface area contributed by atoms with E-state index in [1.54, 1.807) is 35.4 Å². The molecule has 2 atom stereocenters. The monoisotopic (exact) mass is 1300 g/mol. The topological polar surface area (TPSA) is 236 Å². The van der Waals surface area contributed by atoms with Crippen molar-refractivity contribution in [1.82, 2.24) is 39.6 Å². The number of nitro benzene ring substituents is 1. The van der Waals surface area contributed by atoms with Crippen LogP contribution >= 0.6 is 27.5 Å². The molecule has 4 fully saturated rings. The summed E-state index contributed by atoms with van der Waals surface area (Å²) < 4.78 is 37.5. The zero-order chi connectivity index (χ0) is 61.6. The molecule has 12 rings (SSSR count). The van der Waals surface area contributed by atoms with Gasteiger partial charge in [0.1, 0.15) is 28.9 Å². The smallest absolute Gasteiger partial charge is 0.293 e. The van der Waals surface area contributed by atoms with E-state index in [0.29, 0.717) is 62.1 Å². The summed E-state index contributed by atoms with van der Waals surface area (Å²) in [6.07, 6.45) is 10.7. The number of carbonyl (C=O) groups is 4. The van der Waals surface area contributed by atoms with Crippen LogP contribution in [-0.4, -0.2) is 144 Å². The average molecular weight is 1300 g/mol. The number of sulfonamides is 1. The zero-order valence-electron chi connectivity index (χ0n) is 49.7. The maximum absolute atomic E-state index is 14.2. The molecule has 6 aliphatic rings. The quantitative estimate of drug-likeness (QED) is 0.0378. The molecule has 0 radical (unpaired) electrons. The van der Waals surface area contributed by atoms with Crippen LogP contribution in [0.5, 0.6) is 11.5 Å². The fraction of sp³-hybridized carbons (Fsp3) is 0.431. The molecule has 4 aromatic carbocycles. The van der Waals surface area contributed by atoms with Crippen LogP contribution < -0.4 is 25.0 Å². The highest BCUT2D eigenvalue weighted by molar-refractivity contribution is 9.10. The van der Waals surface area contributed by atoms with Crippen LogP contribution in [-0.2, 0) is 32.7 Å². The molecular weight excluding hydrogens is 1230 g/mol. The van der Waals surface area contributed by atoms with Gasteiger partial charge in [0.25, 0.3) is 27.5 Å². The van der Waals surface area contributed by atoms with Crippen molar-refractivity contribution in [2.24, 2.45) is 11.3 Å². The molecule has 462 valence electrons. The standard InChI is InChI=1S/C65H73BrClN11O9S/c1-40-36-76(27-26-75(40)37-42-28-52-54(55(66)29-42)39-77(64(52)82)57-16-17-60(79)71-63(57)81)47-10-4-41(5-11-47)34-69-56-15-13-50(32-58(56)78(83)84)88(85,86)72-62(80)51-14-12-48(31-59(51)87-49-30-44-19-21-68-61(44)70-35-49)74-24-22-73(23-25-74)38-45-18-20-65(2,3)33-53(45)43-6-8-46(67)9-7-43/h6-9,12-15,19,21,28-32,35,40-41,47,57,69H,4-5,10-11,16-18,20,22-27,33-34,36-39H2,1-3H3,(H,68,70)(H,72,80)(H,71,79,81)/t40-,41-,47+,57?/m1/s1. The lowest BCUT2D eigenvalue weighted by Crippen LogP contribution is -2.55. The highest BCUT2D eigenvalue weighted by Gasteiger charge is 2.41. The van der Waals surface area contributed by atoms with Crippen molar-refractivity contribution in [2.45, 2.75) is 115 Å². The third kappa shape index (κ3) is 13.4. The van der Waals surface area contributed by atoms with Gasteiger partial charge in [-0.25, -0.2) is 18.1 Å². The first-order chi connectivity index (χ1) is 42.2. The Bertz CT molecular complexity index is 3860. The number of hydrogen-bond acceptors (Lipinski definition) is 15. The van der Waals surface area contributed by atoms with Crippen LogP contribution in [0, 0.1) is 21.4 Å². The van der Waals surface area contributed by atoms with Crippen molar-refractivity contribution in [3.05, 3.63) is 150 Å². The molecule has 6 heterocycles. The molecule has 4 amide bonds. The molecule has 4 aliphatic heterocycles. The number of benzene rings is 4. The summed E-state index contributed by atoms with van der Waals surface area (Å²) in [7, 11) is -4.63. The number of pyridine rings is 1. The molecule has 6 aromatic rings. The van der Waals surface area contributed by atoms with E-state index in [4.69, 9.17) is 16.3 Å². The summed E-state index contributed by atoms with van der Waals surface area (Å²) >= 11 is 9.98. The first-order valence-electron chi connectivity index (χ1n) is 30.4. The summed E-state index contributed by atoms with van der Waals surface area (Å²) in [6, 6.07) is 24.5. The number of piperidine rings is 1. The first kappa shape index (κ1) is 61.0. The minimum absolute atomic E-state index is 0.0518. The summed E-state index contributed by atoms with van der Waals surface area (Å²) in [5, 5.41) is 19.7. The van der Waals surface area contributed by atoms with Gasteiger partial charge < -0.3 is 24.8 Å². The summed E-state index contributed by atoms with van der Waals surface area (Å²) in [5.41, 5.74) is 7.89. The highest BCUT2D eigenvalue weighted by Crippen LogP contribution is 2.44. The van der Waals surface area contributed by atoms with Crippen molar-refractivity contribution in [2.75, 3.05) is 69.1 Å². The van der Waals surface area contributed by atoms with Crippen molar-refractivity contribution in [3.8, 4) is 11.5 Å². The van der Waals surface area contributed by atoms with Gasteiger partial charge in [0.2, 0.25) is 11.8 Å². The van der Waals surface area contributed by atoms with Crippen LogP contribution in [0.3, 0.4) is 0 Å². The van der Waals surface area contributed by atoms with Crippen molar-refractivity contribution >= 4 is 94.9 Å². The Balaban J connectivity index is 0.654. The third-order valence-corrected chi connectivity index (χ3v) is 21.1. The van der Waals surface area contributed by atoms with Crippen LogP contribution in [0.4, 0.5) is 17.1 Å². The van der Waals surface area contributed by atoms with Gasteiger partial charge in [-0.15, -0.1) is 0 Å². The molecule has 1 saturated carbocycles. The van der Waals surface area contributed by atoms with Gasteiger partial charge >= 0.3 is 0 Å². The Hall–Kier alpha value is -7.21. The lowest BCUT2D eigenvalue weighted by atomic mass is 9.72. The van der Waals surface area contributed by atoms with Gasteiger partial charge in [-0.1, -0.05) is 59.1 Å². The molecule has 0 spiro atoms. The van der Waals surface area contributed by atoms with Crippen LogP contribution in [0.25, 0.3) is 16.6 Å². The Kier molecular flexibility index (Phi) is 17.6. The highest BCUT2D eigenvalue weighted by atomic mass is 79.9. The number of nitrogens with zero attached hydrogens (tertiary/aromatic N) is 7. The number of fused-ring (bicyclic) bond motifs is 2. The van der Waals surface area contributed by atoms with E-state index in [1.165, 1.54) is 35.0 Å². The minimum Gasteiger partial charge on any atom is -0.455 e. The second-order valence-electron chi connectivity index (χ2n) is 25.3. The number of nitro groups is 1. The van der Waals surface area contributed by atoms with E-state index >= 15 is 0 Å². The normalized spacial score (nSPS) is 22.2. The number of anilines is 2. The predicted octanol–water partition coefficient (Wildman–Crippen LogP) is 10.5.